The van der Waals surface area contributed by atoms with Crippen LogP contribution in [0.15, 0.2) is 52.3 Å². The van der Waals surface area contributed by atoms with Crippen molar-refractivity contribution < 1.29 is 4.74 Å². The summed E-state index contributed by atoms with van der Waals surface area (Å²) in [6.45, 7) is 7.43. The van der Waals surface area contributed by atoms with E-state index in [4.69, 9.17) is 4.74 Å². The van der Waals surface area contributed by atoms with E-state index in [0.717, 1.165) is 17.2 Å². The van der Waals surface area contributed by atoms with Gasteiger partial charge in [0.15, 0.2) is 0 Å². The van der Waals surface area contributed by atoms with Crippen LogP contribution in [0.5, 0.6) is 5.75 Å². The van der Waals surface area contributed by atoms with Gasteiger partial charge in [0.25, 0.3) is 0 Å². The topological polar surface area (TPSA) is 21.3 Å². The highest BCUT2D eigenvalue weighted by Gasteiger charge is 2.06. The molecule has 0 fully saturated rings. The number of methoxy groups -OCH3 is 1. The number of ether oxygens (including phenoxy) is 1. The van der Waals surface area contributed by atoms with Gasteiger partial charge in [-0.25, -0.2) is 0 Å². The van der Waals surface area contributed by atoms with E-state index in [0.29, 0.717) is 6.04 Å². The highest BCUT2D eigenvalue weighted by atomic mass is 32.2. The number of nitrogens with one attached hydrogen (secondary N) is 1. The third-order valence-electron chi connectivity index (χ3n) is 3.31. The van der Waals surface area contributed by atoms with Crippen LogP contribution in [-0.2, 0) is 6.54 Å². The lowest BCUT2D eigenvalue weighted by molar-refractivity contribution is 0.405. The Balaban J connectivity index is 2.13. The molecule has 21 heavy (non-hydrogen) atoms. The van der Waals surface area contributed by atoms with E-state index in [2.05, 4.69) is 50.4 Å². The van der Waals surface area contributed by atoms with Crippen molar-refractivity contribution in [1.29, 1.82) is 0 Å². The molecule has 2 nitrogen and oxygen atoms in total. The second-order valence-corrected chi connectivity index (χ2v) is 6.49. The lowest BCUT2D eigenvalue weighted by Crippen LogP contribution is -2.22. The van der Waals surface area contributed by atoms with E-state index < -0.39 is 0 Å². The van der Waals surface area contributed by atoms with Crippen molar-refractivity contribution in [2.24, 2.45) is 0 Å². The molecule has 0 aliphatic rings. The van der Waals surface area contributed by atoms with Crippen LogP contribution < -0.4 is 10.1 Å². The Labute approximate surface area is 131 Å². The van der Waals surface area contributed by atoms with Crippen LogP contribution in [0.1, 0.15) is 25.0 Å². The zero-order valence-corrected chi connectivity index (χ0v) is 14.0. The van der Waals surface area contributed by atoms with E-state index in [1.54, 1.807) is 18.9 Å². The third-order valence-corrected chi connectivity index (χ3v) is 4.36. The first-order valence-corrected chi connectivity index (χ1v) is 8.05. The highest BCUT2D eigenvalue weighted by molar-refractivity contribution is 7.99. The number of aryl methyl sites for hydroxylation is 1. The molecule has 112 valence electrons. The van der Waals surface area contributed by atoms with E-state index in [-0.39, 0.29) is 0 Å². The van der Waals surface area contributed by atoms with Gasteiger partial charge >= 0.3 is 0 Å². The number of benzene rings is 2. The number of rotatable bonds is 6. The summed E-state index contributed by atoms with van der Waals surface area (Å²) in [5.74, 6) is 0.922. The molecule has 0 saturated carbocycles. The number of para-hydroxylation sites is 1. The minimum Gasteiger partial charge on any atom is -0.496 e. The molecule has 0 amide bonds. The summed E-state index contributed by atoms with van der Waals surface area (Å²) in [6.07, 6.45) is 0. The maximum Gasteiger partial charge on any atom is 0.132 e. The molecular formula is C18H23NOS. The summed E-state index contributed by atoms with van der Waals surface area (Å²) >= 11 is 1.74. The minimum atomic E-state index is 0.507. The Kier molecular flexibility index (Phi) is 5.71. The van der Waals surface area contributed by atoms with Crippen LogP contribution >= 0.6 is 11.8 Å². The standard InChI is InChI=1S/C18H23NOS/c1-13(2)19-12-15-9-10-16(11-14(15)3)21-18-8-6-5-7-17(18)20-4/h5-11,13,19H,12H2,1-4H3. The third kappa shape index (κ3) is 4.51. The van der Waals surface area contributed by atoms with Gasteiger partial charge < -0.3 is 10.1 Å². The van der Waals surface area contributed by atoms with Gasteiger partial charge in [-0.1, -0.05) is 43.8 Å². The second kappa shape index (κ2) is 7.53. The molecule has 3 heteroatoms. The molecule has 0 aromatic heterocycles. The Morgan fingerprint density at radius 2 is 1.90 bits per heavy atom. The monoisotopic (exact) mass is 301 g/mol. The SMILES string of the molecule is COc1ccccc1Sc1ccc(CNC(C)C)c(C)c1. The lowest BCUT2D eigenvalue weighted by Gasteiger charge is -2.12. The van der Waals surface area contributed by atoms with Crippen LogP contribution in [0.4, 0.5) is 0 Å². The van der Waals surface area contributed by atoms with Gasteiger partial charge in [-0.05, 0) is 42.3 Å². The van der Waals surface area contributed by atoms with E-state index in [9.17, 15) is 0 Å². The average Bonchev–Trinajstić information content (AvgIpc) is 2.47. The second-order valence-electron chi connectivity index (χ2n) is 5.38. The lowest BCUT2D eigenvalue weighted by atomic mass is 10.1. The van der Waals surface area contributed by atoms with Crippen molar-refractivity contribution in [2.45, 2.75) is 43.1 Å². The van der Waals surface area contributed by atoms with Crippen molar-refractivity contribution in [3.05, 3.63) is 53.6 Å². The van der Waals surface area contributed by atoms with Crippen LogP contribution in [0.2, 0.25) is 0 Å². The predicted octanol–water partition coefficient (Wildman–Crippen LogP) is 4.65. The van der Waals surface area contributed by atoms with Gasteiger partial charge in [0.05, 0.1) is 12.0 Å². The van der Waals surface area contributed by atoms with Crippen molar-refractivity contribution in [2.75, 3.05) is 7.11 Å². The molecular weight excluding hydrogens is 278 g/mol. The number of hydrogen-bond acceptors (Lipinski definition) is 3. The molecule has 0 bridgehead atoms. The molecule has 0 saturated heterocycles. The smallest absolute Gasteiger partial charge is 0.132 e. The first-order chi connectivity index (χ1) is 10.1. The Morgan fingerprint density at radius 1 is 1.14 bits per heavy atom. The fraction of sp³-hybridized carbons (Fsp3) is 0.333. The van der Waals surface area contributed by atoms with E-state index in [1.165, 1.54) is 16.0 Å². The van der Waals surface area contributed by atoms with Gasteiger partial charge in [0, 0.05) is 17.5 Å². The Hall–Kier alpha value is -1.45. The summed E-state index contributed by atoms with van der Waals surface area (Å²) in [6, 6.07) is 15.3. The van der Waals surface area contributed by atoms with Gasteiger partial charge in [0.2, 0.25) is 0 Å². The molecule has 0 spiro atoms. The summed E-state index contributed by atoms with van der Waals surface area (Å²) < 4.78 is 5.41. The first kappa shape index (κ1) is 15.9. The average molecular weight is 301 g/mol. The molecule has 2 aromatic rings. The fourth-order valence-electron chi connectivity index (χ4n) is 2.07. The van der Waals surface area contributed by atoms with Crippen LogP contribution in [0.25, 0.3) is 0 Å². The van der Waals surface area contributed by atoms with Crippen molar-refractivity contribution in [3.63, 3.8) is 0 Å². The minimum absolute atomic E-state index is 0.507. The predicted molar refractivity (Wildman–Crippen MR) is 90.3 cm³/mol. The first-order valence-electron chi connectivity index (χ1n) is 7.24. The molecule has 0 unspecified atom stereocenters. The number of hydrogen-bond donors (Lipinski definition) is 1. The highest BCUT2D eigenvalue weighted by Crippen LogP contribution is 2.35. The summed E-state index contributed by atoms with van der Waals surface area (Å²) in [7, 11) is 1.71. The van der Waals surface area contributed by atoms with Gasteiger partial charge in [-0.15, -0.1) is 0 Å². The van der Waals surface area contributed by atoms with Gasteiger partial charge in [0.1, 0.15) is 5.75 Å². The molecule has 2 rings (SSSR count). The molecule has 1 N–H and O–H groups in total. The maximum absolute atomic E-state index is 5.41. The Bertz CT molecular complexity index is 596. The fourth-order valence-corrected chi connectivity index (χ4v) is 3.10. The maximum atomic E-state index is 5.41. The van der Waals surface area contributed by atoms with Gasteiger partial charge in [-0.2, -0.15) is 0 Å². The summed E-state index contributed by atoms with van der Waals surface area (Å²) in [5.41, 5.74) is 2.68. The zero-order chi connectivity index (χ0) is 15.2. The quantitative estimate of drug-likeness (QED) is 0.839. The Morgan fingerprint density at radius 3 is 2.57 bits per heavy atom. The van der Waals surface area contributed by atoms with Gasteiger partial charge in [-0.3, -0.25) is 0 Å². The zero-order valence-electron chi connectivity index (χ0n) is 13.1. The van der Waals surface area contributed by atoms with Crippen molar-refractivity contribution in [3.8, 4) is 5.75 Å². The van der Waals surface area contributed by atoms with Crippen molar-refractivity contribution >= 4 is 11.8 Å². The largest absolute Gasteiger partial charge is 0.496 e. The normalized spacial score (nSPS) is 10.9. The van der Waals surface area contributed by atoms with Crippen LogP contribution in [0.3, 0.4) is 0 Å². The van der Waals surface area contributed by atoms with E-state index in [1.807, 2.05) is 18.2 Å². The summed E-state index contributed by atoms with van der Waals surface area (Å²) in [4.78, 5) is 2.39. The molecule has 0 radical (unpaired) electrons. The molecule has 0 atom stereocenters. The molecule has 0 heterocycles. The summed E-state index contributed by atoms with van der Waals surface area (Å²) in [5, 5.41) is 3.46. The molecule has 2 aromatic carbocycles. The van der Waals surface area contributed by atoms with Crippen LogP contribution in [-0.4, -0.2) is 13.2 Å². The van der Waals surface area contributed by atoms with Crippen molar-refractivity contribution in [1.82, 2.24) is 5.32 Å². The molecule has 0 aliphatic heterocycles. The van der Waals surface area contributed by atoms with Crippen LogP contribution in [0, 0.1) is 6.92 Å². The molecule has 0 aliphatic carbocycles. The van der Waals surface area contributed by atoms with E-state index >= 15 is 0 Å².